The molecule has 3 aromatic carbocycles. The quantitative estimate of drug-likeness (QED) is 0.151. The molecule has 2 aliphatic heterocycles. The maximum Gasteiger partial charge on any atom is 0.253 e. The second-order valence-electron chi connectivity index (χ2n) is 16.7. The highest BCUT2D eigenvalue weighted by Gasteiger charge is 2.46. The van der Waals surface area contributed by atoms with E-state index in [1.54, 1.807) is 24.5 Å². The summed E-state index contributed by atoms with van der Waals surface area (Å²) in [5.41, 5.74) is 6.08. The van der Waals surface area contributed by atoms with Crippen LogP contribution < -0.4 is 10.6 Å². The van der Waals surface area contributed by atoms with E-state index in [2.05, 4.69) is 69.9 Å². The van der Waals surface area contributed by atoms with Gasteiger partial charge >= 0.3 is 0 Å². The van der Waals surface area contributed by atoms with E-state index < -0.39 is 6.29 Å². The number of hydrogen-bond acceptors (Lipinski definition) is 7. The molecular weight excluding hydrogens is 689 g/mol. The molecule has 3 N–H and O–H groups in total. The number of pyridine rings is 1. The monoisotopic (exact) mass is 744 g/mol. The van der Waals surface area contributed by atoms with Crippen LogP contribution in [0.1, 0.15) is 111 Å². The lowest BCUT2D eigenvalue weighted by molar-refractivity contribution is -0.278. The van der Waals surface area contributed by atoms with E-state index in [1.165, 1.54) is 19.3 Å². The maximum absolute atomic E-state index is 13.9. The fourth-order valence-corrected chi connectivity index (χ4v) is 8.81. The first-order valence-electron chi connectivity index (χ1n) is 20.0. The number of aromatic nitrogens is 1. The van der Waals surface area contributed by atoms with E-state index in [9.17, 15) is 14.7 Å². The molecule has 0 bridgehead atoms. The van der Waals surface area contributed by atoms with Crippen molar-refractivity contribution >= 4 is 11.8 Å². The van der Waals surface area contributed by atoms with Gasteiger partial charge in [0.15, 0.2) is 6.29 Å². The van der Waals surface area contributed by atoms with Crippen LogP contribution in [-0.4, -0.2) is 57.1 Å². The average molecular weight is 745 g/mol. The zero-order valence-electron chi connectivity index (χ0n) is 32.6. The third-order valence-corrected chi connectivity index (χ3v) is 11.7. The van der Waals surface area contributed by atoms with Gasteiger partial charge in [0.1, 0.15) is 0 Å². The van der Waals surface area contributed by atoms with Gasteiger partial charge in [0, 0.05) is 48.5 Å². The first kappa shape index (κ1) is 38.8. The van der Waals surface area contributed by atoms with Crippen LogP contribution >= 0.6 is 0 Å². The Labute approximate surface area is 325 Å². The number of piperidine rings is 1. The van der Waals surface area contributed by atoms with Crippen molar-refractivity contribution in [2.75, 3.05) is 6.54 Å². The molecule has 1 aromatic heterocycles. The molecule has 0 radical (unpaired) electrons. The fraction of sp³-hybridized carbons (Fsp3) is 0.457. The number of carbonyl (C=O) groups is 2. The van der Waals surface area contributed by atoms with Crippen LogP contribution in [-0.2, 0) is 27.4 Å². The van der Waals surface area contributed by atoms with E-state index in [0.717, 1.165) is 52.6 Å². The topological polar surface area (TPSA) is 113 Å². The van der Waals surface area contributed by atoms with Gasteiger partial charge in [0.05, 0.1) is 30.4 Å². The molecule has 0 spiro atoms. The molecule has 55 heavy (non-hydrogen) atoms. The Morgan fingerprint density at radius 1 is 0.873 bits per heavy atom. The van der Waals surface area contributed by atoms with Crippen molar-refractivity contribution in [1.82, 2.24) is 20.5 Å². The average Bonchev–Trinajstić information content (AvgIpc) is 3.20. The summed E-state index contributed by atoms with van der Waals surface area (Å²) in [6, 6.07) is 28.1. The van der Waals surface area contributed by atoms with Gasteiger partial charge in [-0.15, -0.1) is 0 Å². The Morgan fingerprint density at radius 3 is 2.35 bits per heavy atom. The largest absolute Gasteiger partial charge is 0.392 e. The van der Waals surface area contributed by atoms with Gasteiger partial charge in [-0.1, -0.05) is 92.6 Å². The van der Waals surface area contributed by atoms with Crippen molar-refractivity contribution in [2.24, 2.45) is 11.8 Å². The van der Waals surface area contributed by atoms with Crippen LogP contribution in [0.25, 0.3) is 11.1 Å². The van der Waals surface area contributed by atoms with Gasteiger partial charge in [-0.3, -0.25) is 19.5 Å². The number of hydrogen-bond donors (Lipinski definition) is 3. The van der Waals surface area contributed by atoms with Crippen molar-refractivity contribution < 1.29 is 24.2 Å². The molecule has 2 amide bonds. The minimum Gasteiger partial charge on any atom is -0.392 e. The Hall–Kier alpha value is -4.41. The Bertz CT molecular complexity index is 1890. The number of amides is 2. The molecule has 9 nitrogen and oxygen atoms in total. The molecule has 7 atom stereocenters. The molecule has 3 aliphatic rings. The summed E-state index contributed by atoms with van der Waals surface area (Å²) in [4.78, 5) is 33.3. The standard InChI is InChI=1S/C46H56N4O5/c1-30-41(28-50-39-14-8-6-10-33(39)23-24-40(50)44(53)49-46(2,3)4)54-45(55-42(30)34-17-15-31(29-51)16-18-34)35-21-19-32(20-22-35)38-13-7-5-11-36(38)27-48-43(52)37-12-9-25-47-26-37/h5,7,9,11-13,15-22,25-26,30,33,39-42,45,51H,6,8,10,14,23-24,27-29H2,1-4H3,(H,48,52)(H,49,53)/t30-,33-,39-,40-,41+,42+,45+/m1/s1. The molecule has 4 aromatic rings. The number of nitrogens with one attached hydrogen (secondary N) is 2. The number of aliphatic hydroxyl groups excluding tert-OH is 1. The first-order chi connectivity index (χ1) is 26.6. The van der Waals surface area contributed by atoms with E-state index in [-0.39, 0.29) is 48.1 Å². The number of ether oxygens (including phenoxy) is 2. The number of aliphatic hydroxyl groups is 1. The second kappa shape index (κ2) is 17.2. The smallest absolute Gasteiger partial charge is 0.253 e. The van der Waals surface area contributed by atoms with Crippen LogP contribution in [0, 0.1) is 11.8 Å². The molecule has 9 heteroatoms. The Kier molecular flexibility index (Phi) is 12.1. The fourth-order valence-electron chi connectivity index (χ4n) is 8.81. The van der Waals surface area contributed by atoms with Crippen molar-refractivity contribution in [3.05, 3.63) is 125 Å². The summed E-state index contributed by atoms with van der Waals surface area (Å²) >= 11 is 0. The second-order valence-corrected chi connectivity index (χ2v) is 16.7. The highest BCUT2D eigenvalue weighted by molar-refractivity contribution is 5.93. The summed E-state index contributed by atoms with van der Waals surface area (Å²) in [6.45, 7) is 9.36. The summed E-state index contributed by atoms with van der Waals surface area (Å²) in [6.07, 6.45) is 8.84. The number of benzene rings is 3. The number of nitrogens with zero attached hydrogens (tertiary/aromatic N) is 2. The van der Waals surface area contributed by atoms with Crippen LogP contribution in [0.5, 0.6) is 0 Å². The van der Waals surface area contributed by atoms with Gasteiger partial charge in [-0.25, -0.2) is 0 Å². The minimum atomic E-state index is -0.624. The van der Waals surface area contributed by atoms with E-state index in [1.807, 2.05) is 51.1 Å². The molecule has 7 rings (SSSR count). The summed E-state index contributed by atoms with van der Waals surface area (Å²) in [5.74, 6) is 0.536. The van der Waals surface area contributed by atoms with Crippen LogP contribution in [0.2, 0.25) is 0 Å². The predicted molar refractivity (Wildman–Crippen MR) is 214 cm³/mol. The first-order valence-corrected chi connectivity index (χ1v) is 20.0. The number of fused-ring (bicyclic) bond motifs is 1. The third-order valence-electron chi connectivity index (χ3n) is 11.7. The van der Waals surface area contributed by atoms with Crippen LogP contribution in [0.15, 0.2) is 97.3 Å². The van der Waals surface area contributed by atoms with Crippen LogP contribution in [0.3, 0.4) is 0 Å². The molecule has 3 heterocycles. The number of likely N-dealkylation sites (tertiary alicyclic amines) is 1. The lowest BCUT2D eigenvalue weighted by atomic mass is 9.75. The van der Waals surface area contributed by atoms with Crippen molar-refractivity contribution in [3.8, 4) is 11.1 Å². The molecular formula is C46H56N4O5. The Balaban J connectivity index is 1.15. The maximum atomic E-state index is 13.9. The highest BCUT2D eigenvalue weighted by atomic mass is 16.7. The van der Waals surface area contributed by atoms with E-state index in [0.29, 0.717) is 30.6 Å². The lowest BCUT2D eigenvalue weighted by Crippen LogP contribution is -2.61. The SMILES string of the molecule is C[C@@H]1[C@H](CN2[C@@H](C(=O)NC(C)(C)C)CC[C@H]3CCCC[C@H]32)O[C@H](c2ccc(-c3ccccc3CNC(=O)c3cccnc3)cc2)O[C@@H]1c1ccc(CO)cc1. The van der Waals surface area contributed by atoms with Gasteiger partial charge < -0.3 is 25.2 Å². The molecule has 290 valence electrons. The third kappa shape index (κ3) is 9.18. The molecule has 1 aliphatic carbocycles. The summed E-state index contributed by atoms with van der Waals surface area (Å²) in [5, 5.41) is 16.1. The zero-order chi connectivity index (χ0) is 38.5. The Morgan fingerprint density at radius 2 is 1.62 bits per heavy atom. The molecule has 1 saturated carbocycles. The normalized spacial score (nSPS) is 25.8. The number of carbonyl (C=O) groups excluding carboxylic acids is 2. The minimum absolute atomic E-state index is 0.000418. The zero-order valence-corrected chi connectivity index (χ0v) is 32.6. The molecule has 3 fully saturated rings. The van der Waals surface area contributed by atoms with Crippen LogP contribution in [0.4, 0.5) is 0 Å². The number of rotatable bonds is 10. The molecule has 0 unspecified atom stereocenters. The van der Waals surface area contributed by atoms with E-state index in [4.69, 9.17) is 9.47 Å². The van der Waals surface area contributed by atoms with Gasteiger partial charge in [0.25, 0.3) is 5.91 Å². The van der Waals surface area contributed by atoms with Gasteiger partial charge in [-0.05, 0) is 92.3 Å². The van der Waals surface area contributed by atoms with E-state index >= 15 is 0 Å². The predicted octanol–water partition coefficient (Wildman–Crippen LogP) is 7.90. The summed E-state index contributed by atoms with van der Waals surface area (Å²) in [7, 11) is 0. The van der Waals surface area contributed by atoms with Crippen molar-refractivity contribution in [1.29, 1.82) is 0 Å². The van der Waals surface area contributed by atoms with Gasteiger partial charge in [-0.2, -0.15) is 0 Å². The van der Waals surface area contributed by atoms with Crippen molar-refractivity contribution in [3.63, 3.8) is 0 Å². The summed E-state index contributed by atoms with van der Waals surface area (Å²) < 4.78 is 13.8. The highest BCUT2D eigenvalue weighted by Crippen LogP contribution is 2.44. The molecule has 2 saturated heterocycles. The lowest BCUT2D eigenvalue weighted by Gasteiger charge is -2.51. The van der Waals surface area contributed by atoms with Gasteiger partial charge in [0.2, 0.25) is 5.91 Å². The van der Waals surface area contributed by atoms with Crippen molar-refractivity contribution in [2.45, 2.75) is 115 Å².